The van der Waals surface area contributed by atoms with Gasteiger partial charge in [-0.15, -0.1) is 0 Å². The Morgan fingerprint density at radius 3 is 2.14 bits per heavy atom. The summed E-state index contributed by atoms with van der Waals surface area (Å²) in [7, 11) is 0. The molecule has 2 aliphatic rings. The first kappa shape index (κ1) is 30.9. The summed E-state index contributed by atoms with van der Waals surface area (Å²) in [4.78, 5) is 36.0. The van der Waals surface area contributed by atoms with E-state index in [0.717, 1.165) is 16.7 Å². The maximum atomic E-state index is 14.8. The lowest BCUT2D eigenvalue weighted by molar-refractivity contribution is -0.123. The van der Waals surface area contributed by atoms with Crippen molar-refractivity contribution in [1.82, 2.24) is 15.1 Å². The second kappa shape index (κ2) is 11.5. The number of amidine groups is 1. The summed E-state index contributed by atoms with van der Waals surface area (Å²) in [6.07, 6.45) is 0. The van der Waals surface area contributed by atoms with Crippen LogP contribution in [0.1, 0.15) is 63.8 Å². The van der Waals surface area contributed by atoms with Crippen LogP contribution in [0, 0.1) is 0 Å². The number of aliphatic imine (C=N–C) groups is 1. The van der Waals surface area contributed by atoms with Crippen molar-refractivity contribution in [2.75, 3.05) is 26.2 Å². The van der Waals surface area contributed by atoms with E-state index in [1.807, 2.05) is 81.4 Å². The highest BCUT2D eigenvalue weighted by Gasteiger charge is 2.60. The van der Waals surface area contributed by atoms with Crippen molar-refractivity contribution >= 4 is 41.0 Å². The Labute approximate surface area is 263 Å². The SMILES string of the molecule is CCOc1cc(C(C)(C)C)ccc1C1=N[C@](C)(c2ccc(Cl)cc2)[C@](C)(c2ccc(Cl)cc2)N1C(=O)N1CCNC(=O)C1. The molecule has 5 rings (SSSR count). The fourth-order valence-corrected chi connectivity index (χ4v) is 6.21. The Balaban J connectivity index is 1.81. The molecule has 3 aromatic carbocycles. The van der Waals surface area contributed by atoms with Gasteiger partial charge in [-0.1, -0.05) is 74.3 Å². The monoisotopic (exact) mass is 620 g/mol. The van der Waals surface area contributed by atoms with Gasteiger partial charge >= 0.3 is 6.03 Å². The summed E-state index contributed by atoms with van der Waals surface area (Å²) in [5.74, 6) is 0.909. The molecule has 3 aromatic rings. The lowest BCUT2D eigenvalue weighted by Gasteiger charge is -2.47. The van der Waals surface area contributed by atoms with Crippen LogP contribution in [0.3, 0.4) is 0 Å². The molecule has 0 aliphatic carbocycles. The third kappa shape index (κ3) is 5.49. The first-order valence-electron chi connectivity index (χ1n) is 14.5. The third-order valence-corrected chi connectivity index (χ3v) is 9.14. The van der Waals surface area contributed by atoms with E-state index in [0.29, 0.717) is 46.9 Å². The molecule has 226 valence electrons. The number of benzene rings is 3. The van der Waals surface area contributed by atoms with Gasteiger partial charge in [0, 0.05) is 23.1 Å². The van der Waals surface area contributed by atoms with Crippen LogP contribution in [0.4, 0.5) is 4.79 Å². The lowest BCUT2D eigenvalue weighted by Crippen LogP contribution is -2.61. The number of piperazine rings is 1. The van der Waals surface area contributed by atoms with Crippen molar-refractivity contribution in [2.45, 2.75) is 58.0 Å². The number of carbonyl (C=O) groups is 2. The molecule has 0 bridgehead atoms. The zero-order chi connectivity index (χ0) is 31.2. The van der Waals surface area contributed by atoms with Crippen LogP contribution in [-0.4, -0.2) is 53.8 Å². The van der Waals surface area contributed by atoms with E-state index in [4.69, 9.17) is 32.9 Å². The Morgan fingerprint density at radius 2 is 1.58 bits per heavy atom. The number of nitrogens with one attached hydrogen (secondary N) is 1. The zero-order valence-electron chi connectivity index (χ0n) is 25.5. The number of hydrogen-bond donors (Lipinski definition) is 1. The van der Waals surface area contributed by atoms with Crippen molar-refractivity contribution < 1.29 is 14.3 Å². The Kier molecular flexibility index (Phi) is 8.27. The van der Waals surface area contributed by atoms with Gasteiger partial charge in [-0.3, -0.25) is 14.7 Å². The van der Waals surface area contributed by atoms with Gasteiger partial charge in [-0.2, -0.15) is 0 Å². The fourth-order valence-electron chi connectivity index (χ4n) is 5.96. The highest BCUT2D eigenvalue weighted by molar-refractivity contribution is 6.30. The summed E-state index contributed by atoms with van der Waals surface area (Å²) < 4.78 is 6.22. The van der Waals surface area contributed by atoms with Crippen molar-refractivity contribution in [2.24, 2.45) is 4.99 Å². The number of ether oxygens (including phenoxy) is 1. The smallest absolute Gasteiger partial charge is 0.327 e. The summed E-state index contributed by atoms with van der Waals surface area (Å²) in [5.41, 5.74) is 1.38. The van der Waals surface area contributed by atoms with E-state index in [1.165, 1.54) is 0 Å². The molecule has 0 aromatic heterocycles. The molecule has 7 nitrogen and oxygen atoms in total. The molecular formula is C34H38Cl2N4O3. The summed E-state index contributed by atoms with van der Waals surface area (Å²) >= 11 is 12.7. The second-order valence-electron chi connectivity index (χ2n) is 12.4. The van der Waals surface area contributed by atoms with Crippen molar-refractivity contribution in [3.8, 4) is 5.75 Å². The largest absolute Gasteiger partial charge is 0.493 e. The van der Waals surface area contributed by atoms with Crippen molar-refractivity contribution in [1.29, 1.82) is 0 Å². The van der Waals surface area contributed by atoms with E-state index in [2.05, 4.69) is 32.2 Å². The molecule has 43 heavy (non-hydrogen) atoms. The predicted octanol–water partition coefficient (Wildman–Crippen LogP) is 7.13. The number of nitrogens with zero attached hydrogens (tertiary/aromatic N) is 3. The normalized spacial score (nSPS) is 22.3. The van der Waals surface area contributed by atoms with Crippen LogP contribution in [-0.2, 0) is 21.3 Å². The van der Waals surface area contributed by atoms with Gasteiger partial charge in [0.1, 0.15) is 29.2 Å². The molecule has 1 fully saturated rings. The maximum absolute atomic E-state index is 14.8. The molecule has 2 heterocycles. The van der Waals surface area contributed by atoms with Gasteiger partial charge in [-0.25, -0.2) is 4.79 Å². The first-order chi connectivity index (χ1) is 20.3. The van der Waals surface area contributed by atoms with Gasteiger partial charge in [0.2, 0.25) is 5.91 Å². The molecule has 2 aliphatic heterocycles. The van der Waals surface area contributed by atoms with Crippen LogP contribution in [0.5, 0.6) is 5.75 Å². The Bertz CT molecular complexity index is 1570. The summed E-state index contributed by atoms with van der Waals surface area (Å²) in [5, 5.41) is 4.01. The lowest BCUT2D eigenvalue weighted by atomic mass is 9.71. The number of amides is 3. The van der Waals surface area contributed by atoms with Crippen LogP contribution in [0.15, 0.2) is 71.7 Å². The average Bonchev–Trinajstić information content (AvgIpc) is 3.21. The summed E-state index contributed by atoms with van der Waals surface area (Å²) in [6.45, 7) is 13.6. The number of hydrogen-bond acceptors (Lipinski definition) is 4. The molecule has 0 spiro atoms. The van der Waals surface area contributed by atoms with Gasteiger partial charge in [0.15, 0.2) is 0 Å². The minimum Gasteiger partial charge on any atom is -0.493 e. The first-order valence-corrected chi connectivity index (χ1v) is 15.3. The van der Waals surface area contributed by atoms with E-state index >= 15 is 0 Å². The quantitative estimate of drug-likeness (QED) is 0.329. The summed E-state index contributed by atoms with van der Waals surface area (Å²) in [6, 6.07) is 20.9. The van der Waals surface area contributed by atoms with Gasteiger partial charge in [-0.05, 0) is 79.3 Å². The maximum Gasteiger partial charge on any atom is 0.327 e. The zero-order valence-corrected chi connectivity index (χ0v) is 27.0. The molecule has 3 amide bonds. The molecular weight excluding hydrogens is 583 g/mol. The number of urea groups is 1. The standard InChI is InChI=1S/C34H38Cl2N4O3/c1-7-43-28-20-24(32(2,3)4)12-17-27(28)30-38-33(5,22-8-13-25(35)14-9-22)34(6,23-10-15-26(36)16-11-23)40(30)31(42)39-19-18-37-29(41)21-39/h8-17,20H,7,18-19,21H2,1-6H3,(H,37,41)/t33-,34+/m1/s1. The van der Waals surface area contributed by atoms with Gasteiger partial charge in [0.05, 0.1) is 12.2 Å². The third-order valence-electron chi connectivity index (χ3n) is 8.64. The highest BCUT2D eigenvalue weighted by atomic mass is 35.5. The molecule has 1 saturated heterocycles. The number of carbonyl (C=O) groups excluding carboxylic acids is 2. The van der Waals surface area contributed by atoms with Crippen LogP contribution < -0.4 is 10.1 Å². The highest BCUT2D eigenvalue weighted by Crippen LogP contribution is 2.54. The number of halogens is 2. The molecule has 0 radical (unpaired) electrons. The molecule has 9 heteroatoms. The topological polar surface area (TPSA) is 74.2 Å². The van der Waals surface area contributed by atoms with Gasteiger partial charge < -0.3 is 15.0 Å². The predicted molar refractivity (Wildman–Crippen MR) is 172 cm³/mol. The van der Waals surface area contributed by atoms with E-state index in [-0.39, 0.29) is 23.9 Å². The van der Waals surface area contributed by atoms with Crippen molar-refractivity contribution in [3.05, 3.63) is 99.0 Å². The molecule has 2 atom stereocenters. The van der Waals surface area contributed by atoms with E-state index < -0.39 is 11.1 Å². The fraction of sp³-hybridized carbons (Fsp3) is 0.382. The Hall–Kier alpha value is -3.55. The van der Waals surface area contributed by atoms with Crippen LogP contribution in [0.2, 0.25) is 10.0 Å². The number of rotatable bonds is 5. The second-order valence-corrected chi connectivity index (χ2v) is 13.2. The van der Waals surface area contributed by atoms with Crippen molar-refractivity contribution in [3.63, 3.8) is 0 Å². The van der Waals surface area contributed by atoms with E-state index in [1.54, 1.807) is 9.80 Å². The minimum atomic E-state index is -1.04. The van der Waals surface area contributed by atoms with E-state index in [9.17, 15) is 9.59 Å². The Morgan fingerprint density at radius 1 is 0.977 bits per heavy atom. The molecule has 0 unspecified atom stereocenters. The molecule has 0 saturated carbocycles. The van der Waals surface area contributed by atoms with Crippen LogP contribution >= 0.6 is 23.2 Å². The van der Waals surface area contributed by atoms with Gasteiger partial charge in [0.25, 0.3) is 0 Å². The average molecular weight is 622 g/mol. The van der Waals surface area contributed by atoms with Crippen LogP contribution in [0.25, 0.3) is 0 Å². The minimum absolute atomic E-state index is 0.0434. The molecule has 1 N–H and O–H groups in total.